The summed E-state index contributed by atoms with van der Waals surface area (Å²) < 4.78 is 25.2. The van der Waals surface area contributed by atoms with Crippen molar-refractivity contribution in [2.45, 2.75) is 19.8 Å². The first-order chi connectivity index (χ1) is 6.38. The van der Waals surface area contributed by atoms with Crippen molar-refractivity contribution in [3.63, 3.8) is 0 Å². The van der Waals surface area contributed by atoms with Crippen molar-refractivity contribution in [1.82, 2.24) is 9.97 Å². The average molecular weight is 155 g/mol. The van der Waals surface area contributed by atoms with Gasteiger partial charge in [0.1, 0.15) is 5.82 Å². The lowest BCUT2D eigenvalue weighted by molar-refractivity contribution is 0.409. The van der Waals surface area contributed by atoms with Crippen LogP contribution in [-0.2, 0) is 0 Å². The van der Waals surface area contributed by atoms with Crippen LogP contribution in [0, 0.1) is 0 Å². The van der Waals surface area contributed by atoms with Crippen molar-refractivity contribution >= 4 is 0 Å². The van der Waals surface area contributed by atoms with E-state index in [1.54, 1.807) is 0 Å². The summed E-state index contributed by atoms with van der Waals surface area (Å²) in [6.45, 7) is 3.92. The molecule has 60 valence electrons. The standard InChI is InChI=1S/C8H12N2O/c1-6(2)8-9-4-7(11-3)5-10-8/h4-6H,1-3H3/i3D3. The van der Waals surface area contributed by atoms with Gasteiger partial charge in [-0.2, -0.15) is 0 Å². The number of ether oxygens (including phenoxy) is 1. The van der Waals surface area contributed by atoms with E-state index in [-0.39, 0.29) is 11.7 Å². The maximum atomic E-state index is 6.86. The van der Waals surface area contributed by atoms with E-state index in [1.165, 1.54) is 12.4 Å². The topological polar surface area (TPSA) is 35.0 Å². The highest BCUT2D eigenvalue weighted by Gasteiger charge is 2.00. The molecule has 0 aliphatic rings. The molecule has 0 N–H and O–H groups in total. The SMILES string of the molecule is [2H]C([2H])([2H])Oc1cnc(C(C)C)nc1. The van der Waals surface area contributed by atoms with Crippen LogP contribution in [0.1, 0.15) is 29.7 Å². The number of methoxy groups -OCH3 is 1. The molecule has 3 nitrogen and oxygen atoms in total. The van der Waals surface area contributed by atoms with Crippen LogP contribution in [0.5, 0.6) is 5.75 Å². The zero-order valence-electron chi connectivity index (χ0n) is 9.53. The molecule has 3 heteroatoms. The molecule has 1 aromatic rings. The minimum Gasteiger partial charge on any atom is -0.494 e. The summed E-state index contributed by atoms with van der Waals surface area (Å²) in [6.07, 6.45) is 2.74. The fraction of sp³-hybridized carbons (Fsp3) is 0.500. The fourth-order valence-electron chi connectivity index (χ4n) is 0.677. The highest BCUT2D eigenvalue weighted by atomic mass is 16.5. The predicted octanol–water partition coefficient (Wildman–Crippen LogP) is 1.61. The second-order valence-corrected chi connectivity index (χ2v) is 2.53. The van der Waals surface area contributed by atoms with Crippen LogP contribution in [-0.4, -0.2) is 17.0 Å². The van der Waals surface area contributed by atoms with E-state index >= 15 is 0 Å². The predicted molar refractivity (Wildman–Crippen MR) is 42.7 cm³/mol. The first kappa shape index (κ1) is 4.70. The van der Waals surface area contributed by atoms with Gasteiger partial charge in [0.25, 0.3) is 0 Å². The Bertz CT molecular complexity index is 294. The van der Waals surface area contributed by atoms with Gasteiger partial charge in [-0.15, -0.1) is 0 Å². The van der Waals surface area contributed by atoms with Crippen LogP contribution in [0.25, 0.3) is 0 Å². The van der Waals surface area contributed by atoms with Crippen molar-refractivity contribution in [3.8, 4) is 5.75 Å². The minimum absolute atomic E-state index is 0.161. The molecule has 1 aromatic heterocycles. The summed E-state index contributed by atoms with van der Waals surface area (Å²) >= 11 is 0. The Balaban J connectivity index is 2.74. The van der Waals surface area contributed by atoms with E-state index < -0.39 is 7.04 Å². The van der Waals surface area contributed by atoms with Gasteiger partial charge >= 0.3 is 0 Å². The molecule has 0 saturated carbocycles. The fourth-order valence-corrected chi connectivity index (χ4v) is 0.677. The average Bonchev–Trinajstić information content (AvgIpc) is 2.02. The third kappa shape index (κ3) is 1.90. The Morgan fingerprint density at radius 3 is 2.55 bits per heavy atom. The highest BCUT2D eigenvalue weighted by molar-refractivity contribution is 5.12. The Hall–Kier alpha value is -1.12. The maximum absolute atomic E-state index is 6.86. The van der Waals surface area contributed by atoms with Crippen molar-refractivity contribution in [2.75, 3.05) is 7.04 Å². The van der Waals surface area contributed by atoms with E-state index in [0.717, 1.165) is 0 Å². The number of rotatable bonds is 2. The molecular weight excluding hydrogens is 140 g/mol. The molecular formula is C8H12N2O. The normalized spacial score (nSPS) is 15.4. The summed E-state index contributed by atoms with van der Waals surface area (Å²) in [6, 6.07) is 0. The van der Waals surface area contributed by atoms with Crippen molar-refractivity contribution in [2.24, 2.45) is 0 Å². The Labute approximate surface area is 70.7 Å². The quantitative estimate of drug-likeness (QED) is 0.650. The maximum Gasteiger partial charge on any atom is 0.155 e. The molecule has 0 aliphatic carbocycles. The molecule has 0 aromatic carbocycles. The van der Waals surface area contributed by atoms with Crippen LogP contribution in [0.2, 0.25) is 0 Å². The van der Waals surface area contributed by atoms with Gasteiger partial charge in [-0.3, -0.25) is 0 Å². The van der Waals surface area contributed by atoms with E-state index in [0.29, 0.717) is 5.82 Å². The van der Waals surface area contributed by atoms with Gasteiger partial charge in [-0.05, 0) is 0 Å². The summed E-state index contributed by atoms with van der Waals surface area (Å²) in [4.78, 5) is 7.95. The molecule has 0 spiro atoms. The van der Waals surface area contributed by atoms with Crippen molar-refractivity contribution < 1.29 is 8.85 Å². The molecule has 1 heterocycles. The molecule has 0 aliphatic heterocycles. The van der Waals surface area contributed by atoms with Crippen LogP contribution in [0.4, 0.5) is 0 Å². The van der Waals surface area contributed by atoms with Gasteiger partial charge in [0.15, 0.2) is 5.75 Å². The van der Waals surface area contributed by atoms with E-state index in [9.17, 15) is 0 Å². The molecule has 0 atom stereocenters. The van der Waals surface area contributed by atoms with Crippen LogP contribution in [0.3, 0.4) is 0 Å². The lowest BCUT2D eigenvalue weighted by Crippen LogP contribution is -1.96. The van der Waals surface area contributed by atoms with E-state index in [2.05, 4.69) is 14.7 Å². The first-order valence-electron chi connectivity index (χ1n) is 4.89. The van der Waals surface area contributed by atoms with E-state index in [1.807, 2.05) is 13.8 Å². The number of aromatic nitrogens is 2. The molecule has 1 rings (SSSR count). The summed E-state index contributed by atoms with van der Waals surface area (Å²) in [5.41, 5.74) is 0. The molecule has 0 radical (unpaired) electrons. The number of hydrogen-bond donors (Lipinski definition) is 0. The third-order valence-corrected chi connectivity index (χ3v) is 1.28. The lowest BCUT2D eigenvalue weighted by atomic mass is 10.2. The van der Waals surface area contributed by atoms with Gasteiger partial charge in [0, 0.05) is 5.92 Å². The lowest BCUT2D eigenvalue weighted by Gasteiger charge is -2.02. The Kier molecular flexibility index (Phi) is 1.42. The van der Waals surface area contributed by atoms with Crippen molar-refractivity contribution in [1.29, 1.82) is 0 Å². The molecule has 0 unspecified atom stereocenters. The zero-order chi connectivity index (χ0) is 10.8. The number of hydrogen-bond acceptors (Lipinski definition) is 3. The third-order valence-electron chi connectivity index (χ3n) is 1.28. The van der Waals surface area contributed by atoms with Crippen LogP contribution in [0.15, 0.2) is 12.4 Å². The summed E-state index contributed by atoms with van der Waals surface area (Å²) in [7, 11) is -2.44. The Morgan fingerprint density at radius 2 is 2.09 bits per heavy atom. The molecule has 0 bridgehead atoms. The van der Waals surface area contributed by atoms with Gasteiger partial charge in [-0.25, -0.2) is 9.97 Å². The second kappa shape index (κ2) is 3.32. The minimum atomic E-state index is -2.44. The zero-order valence-corrected chi connectivity index (χ0v) is 6.53. The van der Waals surface area contributed by atoms with Gasteiger partial charge < -0.3 is 4.74 Å². The molecule has 0 fully saturated rings. The van der Waals surface area contributed by atoms with Gasteiger partial charge in [0.2, 0.25) is 0 Å². The van der Waals surface area contributed by atoms with Crippen molar-refractivity contribution in [3.05, 3.63) is 18.2 Å². The monoisotopic (exact) mass is 155 g/mol. The summed E-state index contributed by atoms with van der Waals surface area (Å²) in [5.74, 6) is 1.05. The highest BCUT2D eigenvalue weighted by Crippen LogP contribution is 2.10. The number of nitrogens with zero attached hydrogens (tertiary/aromatic N) is 2. The molecule has 0 saturated heterocycles. The first-order valence-corrected chi connectivity index (χ1v) is 3.39. The van der Waals surface area contributed by atoms with E-state index in [4.69, 9.17) is 4.11 Å². The van der Waals surface area contributed by atoms with Crippen LogP contribution >= 0.6 is 0 Å². The largest absolute Gasteiger partial charge is 0.494 e. The van der Waals surface area contributed by atoms with Gasteiger partial charge in [0.05, 0.1) is 23.5 Å². The van der Waals surface area contributed by atoms with Gasteiger partial charge in [-0.1, -0.05) is 13.8 Å². The molecule has 0 amide bonds. The second-order valence-electron chi connectivity index (χ2n) is 2.53. The summed E-state index contributed by atoms with van der Waals surface area (Å²) in [5, 5.41) is 0. The molecule has 11 heavy (non-hydrogen) atoms. The van der Waals surface area contributed by atoms with Crippen LogP contribution < -0.4 is 4.74 Å². The Morgan fingerprint density at radius 1 is 1.45 bits per heavy atom. The smallest absolute Gasteiger partial charge is 0.155 e.